The van der Waals surface area contributed by atoms with Crippen molar-refractivity contribution in [1.29, 1.82) is 0 Å². The van der Waals surface area contributed by atoms with Crippen molar-refractivity contribution in [3.05, 3.63) is 54.1 Å². The third kappa shape index (κ3) is 4.84. The number of carbonyl (C=O) groups is 1. The molecular formula is C20H21N3O4. The Morgan fingerprint density at radius 1 is 1.04 bits per heavy atom. The molecule has 0 atom stereocenters. The Morgan fingerprint density at radius 3 is 2.33 bits per heavy atom. The zero-order valence-corrected chi connectivity index (χ0v) is 15.4. The van der Waals surface area contributed by atoms with Crippen LogP contribution in [0.5, 0.6) is 11.5 Å². The van der Waals surface area contributed by atoms with E-state index in [-0.39, 0.29) is 24.2 Å². The molecule has 0 aliphatic rings. The van der Waals surface area contributed by atoms with Gasteiger partial charge in [0.05, 0.1) is 19.6 Å². The molecule has 7 heteroatoms. The quantitative estimate of drug-likeness (QED) is 0.685. The van der Waals surface area contributed by atoms with Gasteiger partial charge in [-0.1, -0.05) is 12.1 Å². The van der Waals surface area contributed by atoms with Crippen molar-refractivity contribution in [2.24, 2.45) is 0 Å². The Bertz CT molecular complexity index is 886. The summed E-state index contributed by atoms with van der Waals surface area (Å²) in [5.74, 6) is 1.57. The molecule has 27 heavy (non-hydrogen) atoms. The van der Waals surface area contributed by atoms with Crippen LogP contribution in [0.2, 0.25) is 0 Å². The molecule has 1 amide bonds. The molecule has 3 rings (SSSR count). The van der Waals surface area contributed by atoms with E-state index in [1.807, 2.05) is 62.4 Å². The normalized spacial score (nSPS) is 10.7. The van der Waals surface area contributed by atoms with Gasteiger partial charge in [-0.3, -0.25) is 4.79 Å². The van der Waals surface area contributed by atoms with Crippen molar-refractivity contribution in [3.63, 3.8) is 0 Å². The van der Waals surface area contributed by atoms with Gasteiger partial charge in [-0.25, -0.2) is 4.63 Å². The number of amides is 1. The highest BCUT2D eigenvalue weighted by molar-refractivity contribution is 5.94. The molecule has 0 aliphatic heterocycles. The van der Waals surface area contributed by atoms with Crippen molar-refractivity contribution >= 4 is 11.7 Å². The molecule has 0 saturated heterocycles. The smallest absolute Gasteiger partial charge is 0.230 e. The van der Waals surface area contributed by atoms with E-state index in [4.69, 9.17) is 14.1 Å². The summed E-state index contributed by atoms with van der Waals surface area (Å²) in [6.45, 7) is 3.93. The lowest BCUT2D eigenvalue weighted by molar-refractivity contribution is -0.115. The predicted molar refractivity (Wildman–Crippen MR) is 101 cm³/mol. The molecule has 1 aromatic heterocycles. The van der Waals surface area contributed by atoms with Crippen molar-refractivity contribution in [3.8, 4) is 22.8 Å². The fourth-order valence-electron chi connectivity index (χ4n) is 2.53. The maximum atomic E-state index is 12.3. The molecule has 140 valence electrons. The van der Waals surface area contributed by atoms with E-state index >= 15 is 0 Å². The molecule has 1 heterocycles. The van der Waals surface area contributed by atoms with Gasteiger partial charge in [0.15, 0.2) is 5.69 Å². The predicted octanol–water partition coefficient (Wildman–Crippen LogP) is 3.71. The Labute approximate surface area is 157 Å². The van der Waals surface area contributed by atoms with E-state index in [9.17, 15) is 4.79 Å². The minimum absolute atomic E-state index is 0.0948. The molecule has 3 aromatic rings. The molecule has 7 nitrogen and oxygen atoms in total. The van der Waals surface area contributed by atoms with Gasteiger partial charge in [-0.2, -0.15) is 0 Å². The van der Waals surface area contributed by atoms with Gasteiger partial charge >= 0.3 is 0 Å². The first-order valence-corrected chi connectivity index (χ1v) is 8.57. The molecular weight excluding hydrogens is 346 g/mol. The summed E-state index contributed by atoms with van der Waals surface area (Å²) in [5.41, 5.74) is 2.10. The van der Waals surface area contributed by atoms with Gasteiger partial charge in [-0.05, 0) is 66.1 Å². The zero-order chi connectivity index (χ0) is 19.2. The second-order valence-corrected chi connectivity index (χ2v) is 6.23. The van der Waals surface area contributed by atoms with Gasteiger partial charge in [0.2, 0.25) is 11.7 Å². The summed E-state index contributed by atoms with van der Waals surface area (Å²) in [5, 5.41) is 10.4. The Morgan fingerprint density at radius 2 is 1.70 bits per heavy atom. The lowest BCUT2D eigenvalue weighted by Gasteiger charge is -2.09. The molecule has 2 aromatic carbocycles. The number of methoxy groups -OCH3 is 1. The Kier molecular flexibility index (Phi) is 5.71. The second-order valence-electron chi connectivity index (χ2n) is 6.23. The van der Waals surface area contributed by atoms with Crippen molar-refractivity contribution in [1.82, 2.24) is 10.3 Å². The number of hydrogen-bond acceptors (Lipinski definition) is 6. The molecule has 1 N–H and O–H groups in total. The number of ether oxygens (including phenoxy) is 2. The maximum absolute atomic E-state index is 12.3. The second kappa shape index (κ2) is 8.35. The van der Waals surface area contributed by atoms with Crippen molar-refractivity contribution in [2.75, 3.05) is 12.4 Å². The van der Waals surface area contributed by atoms with E-state index in [1.54, 1.807) is 7.11 Å². The summed E-state index contributed by atoms with van der Waals surface area (Å²) in [7, 11) is 1.60. The highest BCUT2D eigenvalue weighted by Crippen LogP contribution is 2.26. The zero-order valence-electron chi connectivity index (χ0n) is 15.4. The average Bonchev–Trinajstić information content (AvgIpc) is 3.10. The number of nitrogens with zero attached hydrogens (tertiary/aromatic N) is 2. The number of nitrogens with one attached hydrogen (secondary N) is 1. The van der Waals surface area contributed by atoms with E-state index < -0.39 is 0 Å². The summed E-state index contributed by atoms with van der Waals surface area (Å²) in [6.07, 6.45) is 0.301. The number of carbonyl (C=O) groups excluding carboxylic acids is 1. The summed E-state index contributed by atoms with van der Waals surface area (Å²) < 4.78 is 15.6. The minimum Gasteiger partial charge on any atom is -0.497 e. The van der Waals surface area contributed by atoms with Crippen LogP contribution in [-0.2, 0) is 11.2 Å². The van der Waals surface area contributed by atoms with Crippen LogP contribution in [-0.4, -0.2) is 29.4 Å². The fraction of sp³-hybridized carbons (Fsp3) is 0.250. The van der Waals surface area contributed by atoms with Gasteiger partial charge in [0.1, 0.15) is 11.5 Å². The third-order valence-electron chi connectivity index (χ3n) is 3.77. The van der Waals surface area contributed by atoms with Crippen LogP contribution in [0, 0.1) is 0 Å². The molecule has 0 fully saturated rings. The lowest BCUT2D eigenvalue weighted by Crippen LogP contribution is -2.15. The van der Waals surface area contributed by atoms with Crippen LogP contribution in [0.1, 0.15) is 19.4 Å². The van der Waals surface area contributed by atoms with Crippen molar-refractivity contribution in [2.45, 2.75) is 26.4 Å². The van der Waals surface area contributed by atoms with Crippen LogP contribution in [0.15, 0.2) is 53.2 Å². The summed E-state index contributed by atoms with van der Waals surface area (Å²) in [6, 6.07) is 14.7. The summed E-state index contributed by atoms with van der Waals surface area (Å²) in [4.78, 5) is 12.3. The van der Waals surface area contributed by atoms with Crippen LogP contribution in [0.4, 0.5) is 5.82 Å². The molecule has 0 radical (unpaired) electrons. The SMILES string of the molecule is COc1ccc(CC(=O)Nc2nonc2-c2ccc(OC(C)C)cc2)cc1. The number of aromatic nitrogens is 2. The molecule has 0 spiro atoms. The van der Waals surface area contributed by atoms with E-state index in [0.29, 0.717) is 5.69 Å². The van der Waals surface area contributed by atoms with Crippen LogP contribution < -0.4 is 14.8 Å². The lowest BCUT2D eigenvalue weighted by atomic mass is 10.1. The summed E-state index contributed by atoms with van der Waals surface area (Å²) >= 11 is 0. The first kappa shape index (κ1) is 18.4. The number of hydrogen-bond donors (Lipinski definition) is 1. The van der Waals surface area contributed by atoms with E-state index in [2.05, 4.69) is 15.6 Å². The van der Waals surface area contributed by atoms with Gasteiger partial charge in [-0.15, -0.1) is 0 Å². The number of rotatable bonds is 7. The number of benzene rings is 2. The van der Waals surface area contributed by atoms with Gasteiger partial charge in [0.25, 0.3) is 0 Å². The minimum atomic E-state index is -0.211. The molecule has 0 aliphatic carbocycles. The highest BCUT2D eigenvalue weighted by atomic mass is 16.6. The Balaban J connectivity index is 1.68. The molecule has 0 saturated carbocycles. The first-order valence-electron chi connectivity index (χ1n) is 8.57. The van der Waals surface area contributed by atoms with Gasteiger partial charge < -0.3 is 14.8 Å². The van der Waals surface area contributed by atoms with Crippen LogP contribution in [0.3, 0.4) is 0 Å². The van der Waals surface area contributed by atoms with Crippen LogP contribution >= 0.6 is 0 Å². The first-order chi connectivity index (χ1) is 13.0. The topological polar surface area (TPSA) is 86.5 Å². The average molecular weight is 367 g/mol. The fourth-order valence-corrected chi connectivity index (χ4v) is 2.53. The van der Waals surface area contributed by atoms with Gasteiger partial charge in [0, 0.05) is 5.56 Å². The Hall–Kier alpha value is -3.35. The molecule has 0 unspecified atom stereocenters. The highest BCUT2D eigenvalue weighted by Gasteiger charge is 2.15. The maximum Gasteiger partial charge on any atom is 0.230 e. The monoisotopic (exact) mass is 367 g/mol. The van der Waals surface area contributed by atoms with Crippen LogP contribution in [0.25, 0.3) is 11.3 Å². The third-order valence-corrected chi connectivity index (χ3v) is 3.77. The number of anilines is 1. The van der Waals surface area contributed by atoms with E-state index in [1.165, 1.54) is 0 Å². The largest absolute Gasteiger partial charge is 0.497 e. The van der Waals surface area contributed by atoms with E-state index in [0.717, 1.165) is 22.6 Å². The van der Waals surface area contributed by atoms with Crippen molar-refractivity contribution < 1.29 is 18.9 Å². The standard InChI is InChI=1S/C20H21N3O4/c1-13(2)26-17-10-6-15(7-11-17)19-20(23-27-22-19)21-18(24)12-14-4-8-16(25-3)9-5-14/h4-11,13H,12H2,1-3H3,(H,21,23,24). The molecule has 0 bridgehead atoms.